The monoisotopic (exact) mass is 1420 g/mol. The first kappa shape index (κ1) is 68.3. The van der Waals surface area contributed by atoms with E-state index in [9.17, 15) is 68.4 Å². The number of nitriles is 13. The van der Waals surface area contributed by atoms with Crippen LogP contribution < -0.4 is 0 Å². The van der Waals surface area contributed by atoms with Crippen molar-refractivity contribution < 1.29 is 0 Å². The molecule has 0 fully saturated rings. The minimum absolute atomic E-state index is 0.0847. The zero-order chi connectivity index (χ0) is 77.4. The first-order valence-electron chi connectivity index (χ1n) is 34.3. The minimum atomic E-state index is 0.0847. The zero-order valence-electron chi connectivity index (χ0n) is 58.1. The molecule has 0 spiro atoms. The quantitative estimate of drug-likeness (QED) is 0.116. The Balaban J connectivity index is 1.03. The van der Waals surface area contributed by atoms with Crippen molar-refractivity contribution in [2.75, 3.05) is 0 Å². The summed E-state index contributed by atoms with van der Waals surface area (Å²) in [4.78, 5) is 15.9. The lowest BCUT2D eigenvalue weighted by atomic mass is 9.91. The summed E-state index contributed by atoms with van der Waals surface area (Å²) in [5.74, 6) is 0.909. The number of rotatable bonds is 11. The van der Waals surface area contributed by atoms with Gasteiger partial charge in [0.15, 0.2) is 17.5 Å². The highest BCUT2D eigenvalue weighted by Crippen LogP contribution is 2.47. The van der Waals surface area contributed by atoms with Crippen molar-refractivity contribution in [3.63, 3.8) is 0 Å². The van der Waals surface area contributed by atoms with Gasteiger partial charge in [-0.3, -0.25) is 0 Å². The van der Waals surface area contributed by atoms with Crippen molar-refractivity contribution >= 4 is 43.6 Å². The van der Waals surface area contributed by atoms with Gasteiger partial charge >= 0.3 is 0 Å². The Labute approximate surface area is 638 Å². The molecule has 0 radical (unpaired) electrons. The second-order valence-corrected chi connectivity index (χ2v) is 25.9. The van der Waals surface area contributed by atoms with E-state index in [0.29, 0.717) is 133 Å². The van der Waals surface area contributed by atoms with Crippen LogP contribution in [0.1, 0.15) is 72.3 Å². The van der Waals surface area contributed by atoms with Gasteiger partial charge in [0, 0.05) is 66.1 Å². The summed E-state index contributed by atoms with van der Waals surface area (Å²) in [5.41, 5.74) is 12.9. The molecule has 18 nitrogen and oxygen atoms in total. The first-order chi connectivity index (χ1) is 54.9. The molecule has 3 aromatic heterocycles. The van der Waals surface area contributed by atoms with Crippen LogP contribution in [0.5, 0.6) is 0 Å². The summed E-state index contributed by atoms with van der Waals surface area (Å²) in [6, 6.07) is 99.9. The van der Waals surface area contributed by atoms with E-state index in [-0.39, 0.29) is 83.7 Å². The molecule has 0 aliphatic heterocycles. The smallest absolute Gasteiger partial charge is 0.166 e. The number of fused-ring (bicyclic) bond motifs is 6. The van der Waals surface area contributed by atoms with Gasteiger partial charge in [0.05, 0.1) is 185 Å². The van der Waals surface area contributed by atoms with Crippen LogP contribution in [-0.4, -0.2) is 24.1 Å². The van der Waals surface area contributed by atoms with Crippen molar-refractivity contribution in [1.82, 2.24) is 24.1 Å². The number of hydrogen-bond donors (Lipinski definition) is 0. The second kappa shape index (κ2) is 28.1. The molecule has 3 heterocycles. The number of benzene rings is 13. The van der Waals surface area contributed by atoms with E-state index in [1.165, 1.54) is 48.5 Å². The minimum Gasteiger partial charge on any atom is -0.309 e. The van der Waals surface area contributed by atoms with Crippen LogP contribution in [-0.2, 0) is 0 Å². The molecular weight excluding hydrogens is 1380 g/mol. The SMILES string of the molecule is N#Cc1ccc(-c2ccc(-n3c4ccc(-c5c(C#N)cc(C#N)cc5C#N)cc4c4cc(-c5c(C#N)cc(C#N)cc5C#N)ccc43)c(-c3ccc(-n4c5ccc(-c6c(C#N)cc(C#N)cc6C#N)cc5c5cc(-c6c(C#N)cc(C#N)cc6C#N)ccc54)c(-c4nc(-c5ccccc5)nc(-c5ccccc5)n4)c3)c2)cc1. The van der Waals surface area contributed by atoms with Crippen LogP contribution in [0.4, 0.5) is 0 Å². The Morgan fingerprint density at radius 1 is 0.196 bits per heavy atom. The maximum absolute atomic E-state index is 10.7. The standard InChI is InChI=1S/C94H40N18/c95-41-54-11-13-59(14-12-54)62-15-21-82(111-83-23-17-64(88-68(46-100)27-55(42-96)28-69(88)47-101)37-77(83)78-38-65(18-24-84(78)111)89-70(48-102)29-56(43-97)30-71(89)49-103)76(35-62)63-16-22-87(81(36-63)94-109-92(60-7-3-1-4-8-60)108-93(110-94)61-9-5-2-6-10-61)112-85-25-19-66(90-72(50-104)31-57(44-98)32-73(90)51-105)39-79(85)80-40-67(20-26-86(80)112)91-74(52-106)33-58(45-99)34-75(91)53-107/h1-40H. The van der Waals surface area contributed by atoms with Crippen molar-refractivity contribution in [2.24, 2.45) is 0 Å². The molecule has 0 bridgehead atoms. The molecule has 0 aliphatic rings. The van der Waals surface area contributed by atoms with Crippen LogP contribution in [0, 0.1) is 147 Å². The third-order valence-electron chi connectivity index (χ3n) is 19.8. The van der Waals surface area contributed by atoms with E-state index in [0.717, 1.165) is 11.1 Å². The van der Waals surface area contributed by atoms with Crippen molar-refractivity contribution in [3.8, 4) is 191 Å². The highest BCUT2D eigenvalue weighted by molar-refractivity contribution is 6.15. The third-order valence-corrected chi connectivity index (χ3v) is 19.8. The maximum Gasteiger partial charge on any atom is 0.166 e. The third kappa shape index (κ3) is 11.6. The number of aromatic nitrogens is 5. The summed E-state index contributed by atoms with van der Waals surface area (Å²) in [6.45, 7) is 0. The molecule has 506 valence electrons. The van der Waals surface area contributed by atoms with Crippen LogP contribution in [0.25, 0.3) is 156 Å². The van der Waals surface area contributed by atoms with E-state index in [1.807, 2.05) is 162 Å². The molecule has 0 saturated heterocycles. The van der Waals surface area contributed by atoms with E-state index >= 15 is 0 Å². The number of nitrogens with zero attached hydrogens (tertiary/aromatic N) is 18. The molecular formula is C94H40N18. The lowest BCUT2D eigenvalue weighted by Gasteiger charge is -2.19. The fourth-order valence-corrected chi connectivity index (χ4v) is 14.8. The van der Waals surface area contributed by atoms with E-state index < -0.39 is 0 Å². The predicted molar refractivity (Wildman–Crippen MR) is 419 cm³/mol. The van der Waals surface area contributed by atoms with Gasteiger partial charge in [-0.05, 0) is 172 Å². The number of hydrogen-bond acceptors (Lipinski definition) is 16. The topological polar surface area (TPSA) is 358 Å². The predicted octanol–water partition coefficient (Wildman–Crippen LogP) is 19.4. The molecule has 16 rings (SSSR count). The van der Waals surface area contributed by atoms with Gasteiger partial charge in [-0.1, -0.05) is 109 Å². The molecule has 0 N–H and O–H groups in total. The highest BCUT2D eigenvalue weighted by atomic mass is 15.1. The lowest BCUT2D eigenvalue weighted by Crippen LogP contribution is -2.04. The van der Waals surface area contributed by atoms with Gasteiger partial charge in [-0.15, -0.1) is 0 Å². The second-order valence-electron chi connectivity index (χ2n) is 25.9. The zero-order valence-corrected chi connectivity index (χ0v) is 58.1. The fourth-order valence-electron chi connectivity index (χ4n) is 14.8. The summed E-state index contributed by atoms with van der Waals surface area (Å²) in [5, 5.41) is 138. The average Bonchev–Trinajstić information content (AvgIpc) is 1.56. The lowest BCUT2D eigenvalue weighted by molar-refractivity contribution is 1.06. The first-order valence-corrected chi connectivity index (χ1v) is 34.3. The molecule has 0 amide bonds. The Hall–Kier alpha value is -18.2. The Bertz CT molecular complexity index is 6970. The molecule has 0 saturated carbocycles. The Morgan fingerprint density at radius 2 is 0.464 bits per heavy atom. The van der Waals surface area contributed by atoms with Crippen molar-refractivity contribution in [3.05, 3.63) is 315 Å². The van der Waals surface area contributed by atoms with Gasteiger partial charge in [0.1, 0.15) is 0 Å². The van der Waals surface area contributed by atoms with E-state index in [2.05, 4.69) is 83.5 Å². The van der Waals surface area contributed by atoms with Gasteiger partial charge in [0.25, 0.3) is 0 Å². The maximum atomic E-state index is 10.7. The molecule has 16 aromatic rings. The van der Waals surface area contributed by atoms with Crippen LogP contribution in [0.3, 0.4) is 0 Å². The largest absolute Gasteiger partial charge is 0.309 e. The Morgan fingerprint density at radius 3 is 0.768 bits per heavy atom. The molecule has 13 aromatic carbocycles. The van der Waals surface area contributed by atoms with Crippen LogP contribution in [0.15, 0.2) is 243 Å². The summed E-state index contributed by atoms with van der Waals surface area (Å²) < 4.78 is 4.12. The van der Waals surface area contributed by atoms with Crippen molar-refractivity contribution in [1.29, 1.82) is 68.4 Å². The normalized spacial score (nSPS) is 10.6. The van der Waals surface area contributed by atoms with Gasteiger partial charge in [-0.2, -0.15) is 68.4 Å². The van der Waals surface area contributed by atoms with Crippen LogP contribution in [0.2, 0.25) is 0 Å². The highest BCUT2D eigenvalue weighted by Gasteiger charge is 2.28. The summed E-state index contributed by atoms with van der Waals surface area (Å²) >= 11 is 0. The summed E-state index contributed by atoms with van der Waals surface area (Å²) in [7, 11) is 0. The van der Waals surface area contributed by atoms with E-state index in [4.69, 9.17) is 15.0 Å². The molecule has 0 aliphatic carbocycles. The van der Waals surface area contributed by atoms with E-state index in [1.54, 1.807) is 36.4 Å². The fraction of sp³-hybridized carbons (Fsp3) is 0. The van der Waals surface area contributed by atoms with Crippen molar-refractivity contribution in [2.45, 2.75) is 0 Å². The molecule has 112 heavy (non-hydrogen) atoms. The molecule has 18 heteroatoms. The van der Waals surface area contributed by atoms with Gasteiger partial charge in [0.2, 0.25) is 0 Å². The average molecular weight is 1420 g/mol. The summed E-state index contributed by atoms with van der Waals surface area (Å²) in [6.07, 6.45) is 0. The van der Waals surface area contributed by atoms with Gasteiger partial charge in [-0.25, -0.2) is 15.0 Å². The molecule has 0 unspecified atom stereocenters. The van der Waals surface area contributed by atoms with Gasteiger partial charge < -0.3 is 9.13 Å². The Kier molecular flexibility index (Phi) is 17.1. The molecule has 0 atom stereocenters. The van der Waals surface area contributed by atoms with Crippen LogP contribution >= 0.6 is 0 Å².